The van der Waals surface area contributed by atoms with Crippen molar-refractivity contribution in [3.63, 3.8) is 0 Å². The molecule has 9 heavy (non-hydrogen) atoms. The third-order valence-corrected chi connectivity index (χ3v) is 0. The second-order valence-electron chi connectivity index (χ2n) is 0. The van der Waals surface area contributed by atoms with Crippen molar-refractivity contribution in [2.45, 2.75) is 0 Å². The average Bonchev–Trinajstić information content (AvgIpc) is 0. The maximum atomic E-state index is 0. The van der Waals surface area contributed by atoms with E-state index >= 15 is 0 Å². The van der Waals surface area contributed by atoms with E-state index in [4.69, 9.17) is 0 Å². The summed E-state index contributed by atoms with van der Waals surface area (Å²) < 4.78 is 0. The Morgan fingerprint density at radius 3 is 0.556 bits per heavy atom. The predicted octanol–water partition coefficient (Wildman–Crippen LogP) is -3.24. The fourth-order valence-electron chi connectivity index (χ4n) is 0. The molecule has 0 aliphatic carbocycles. The van der Waals surface area contributed by atoms with Crippen LogP contribution in [0.15, 0.2) is 0 Å². The molecule has 0 rings (SSSR count). The normalized spacial score (nSPS) is 0. The molecule has 1 radical (unpaired) electrons. The quantitative estimate of drug-likeness (QED) is 0.341. The van der Waals surface area contributed by atoms with Crippen molar-refractivity contribution in [2.75, 3.05) is 0 Å². The van der Waals surface area contributed by atoms with Gasteiger partial charge < -0.3 is 2.85 Å². The van der Waals surface area contributed by atoms with Crippen LogP contribution in [0.3, 0.4) is 0 Å². The number of rotatable bonds is 0. The van der Waals surface area contributed by atoms with E-state index in [9.17, 15) is 0 Å². The summed E-state index contributed by atoms with van der Waals surface area (Å²) in [6, 6.07) is 0. The van der Waals surface area contributed by atoms with Crippen molar-refractivity contribution in [1.29, 1.82) is 0 Å². The molecule has 9 heteroatoms. The molecule has 0 saturated heterocycles. The van der Waals surface area contributed by atoms with Crippen LogP contribution in [0.25, 0.3) is 0 Å². The SMILES string of the molecule is Cl.Cl.Cl.Cl.Cl.Cl.[Cs+].[H-].[H-].[Li+].[Y]. The van der Waals surface area contributed by atoms with Crippen LogP contribution < -0.4 is 87.8 Å². The molecule has 0 unspecified atom stereocenters. The molecule has 0 aromatic heterocycles. The van der Waals surface area contributed by atoms with Crippen LogP contribution in [0.2, 0.25) is 0 Å². The van der Waals surface area contributed by atoms with Crippen LogP contribution in [0.5, 0.6) is 0 Å². The molecule has 0 aliphatic rings. The maximum absolute atomic E-state index is 0. The molecule has 0 atom stereocenters. The Balaban J connectivity index is 0. The third kappa shape index (κ3) is 59.1. The first-order chi connectivity index (χ1) is 0. The molecule has 0 aliphatic heterocycles. The van der Waals surface area contributed by atoms with E-state index in [0.717, 1.165) is 0 Å². The molecule has 0 amide bonds. The number of hydrogen-bond donors (Lipinski definition) is 0. The second-order valence-corrected chi connectivity index (χ2v) is 0. The molecule has 0 spiro atoms. The van der Waals surface area contributed by atoms with Crippen molar-refractivity contribution in [2.24, 2.45) is 0 Å². The summed E-state index contributed by atoms with van der Waals surface area (Å²) in [4.78, 5) is 0. The van der Waals surface area contributed by atoms with Crippen LogP contribution >= 0.6 is 74.4 Å². The van der Waals surface area contributed by atoms with Gasteiger partial charge in [0, 0.05) is 32.7 Å². The molecule has 0 aromatic carbocycles. The van der Waals surface area contributed by atoms with Crippen LogP contribution in [0, 0.1) is 0 Å². The van der Waals surface area contributed by atoms with E-state index in [0.29, 0.717) is 0 Å². The topological polar surface area (TPSA) is 0 Å². The van der Waals surface area contributed by atoms with E-state index in [2.05, 4.69) is 0 Å². The van der Waals surface area contributed by atoms with E-state index in [-0.39, 0.29) is 198 Å². The summed E-state index contributed by atoms with van der Waals surface area (Å²) in [6.07, 6.45) is 0. The first-order valence-electron chi connectivity index (χ1n) is 0. The third-order valence-electron chi connectivity index (χ3n) is 0. The van der Waals surface area contributed by atoms with Crippen LogP contribution in [0.1, 0.15) is 2.85 Å². The van der Waals surface area contributed by atoms with Gasteiger partial charge in [0.05, 0.1) is 0 Å². The van der Waals surface area contributed by atoms with Gasteiger partial charge in [-0.2, -0.15) is 0 Å². The van der Waals surface area contributed by atoms with Gasteiger partial charge in [-0.25, -0.2) is 0 Å². The molecule has 0 aromatic rings. The standard InChI is InChI=1S/6ClH.Cs.Li.Y.2H/h6*1H;;;;;/q;;;;;;2*+1;;2*-1. The van der Waals surface area contributed by atoms with E-state index < -0.39 is 0 Å². The summed E-state index contributed by atoms with van der Waals surface area (Å²) in [5, 5.41) is 0. The molecule has 0 nitrogen and oxygen atoms in total. The van der Waals surface area contributed by atoms with E-state index in [1.165, 1.54) is 0 Å². The minimum absolute atomic E-state index is 0. The van der Waals surface area contributed by atoms with Gasteiger partial charge >= 0.3 is 87.8 Å². The Morgan fingerprint density at radius 1 is 0.556 bits per heavy atom. The Kier molecular flexibility index (Phi) is 678. The van der Waals surface area contributed by atoms with Crippen LogP contribution in [-0.4, -0.2) is 0 Å². The molecule has 0 bridgehead atoms. The number of halogens is 6. The Hall–Kier alpha value is 5.49. The fourth-order valence-corrected chi connectivity index (χ4v) is 0. The van der Waals surface area contributed by atoms with Crippen LogP contribution in [0.4, 0.5) is 0 Å². The molecular formula is H8Cl6CsLiY. The number of hydrogen-bond acceptors (Lipinski definition) is 0. The first kappa shape index (κ1) is 87.4. The molecule has 0 heterocycles. The van der Waals surface area contributed by atoms with Crippen LogP contribution in [-0.2, 0) is 32.7 Å². The van der Waals surface area contributed by atoms with Gasteiger partial charge in [-0.15, -0.1) is 74.4 Å². The summed E-state index contributed by atoms with van der Waals surface area (Å²) in [6.45, 7) is 0. The van der Waals surface area contributed by atoms with E-state index in [1.807, 2.05) is 0 Å². The Bertz CT molecular complexity index is 20.5. The van der Waals surface area contributed by atoms with Gasteiger partial charge in [0.25, 0.3) is 0 Å². The predicted molar refractivity (Wildman–Crippen MR) is 45.7 cm³/mol. The van der Waals surface area contributed by atoms with Crippen molar-refractivity contribution in [3.8, 4) is 0 Å². The van der Waals surface area contributed by atoms with Gasteiger partial charge in [-0.1, -0.05) is 0 Å². The molecule has 0 N–H and O–H groups in total. The summed E-state index contributed by atoms with van der Waals surface area (Å²) >= 11 is 0. The first-order valence-corrected chi connectivity index (χ1v) is 0. The van der Waals surface area contributed by atoms with Gasteiger partial charge in [-0.05, 0) is 0 Å². The molecular weight excluding hydrogens is 441 g/mol. The minimum atomic E-state index is 0. The summed E-state index contributed by atoms with van der Waals surface area (Å²) in [5.74, 6) is 0. The Labute approximate surface area is 192 Å². The molecule has 0 fully saturated rings. The average molecular weight is 450 g/mol. The Morgan fingerprint density at radius 2 is 0.556 bits per heavy atom. The van der Waals surface area contributed by atoms with Crippen molar-refractivity contribution < 1.29 is 123 Å². The monoisotopic (exact) mass is 447 g/mol. The largest absolute Gasteiger partial charge is 1.00 e. The van der Waals surface area contributed by atoms with Crippen molar-refractivity contribution in [3.05, 3.63) is 0 Å². The molecule has 0 saturated carbocycles. The maximum Gasteiger partial charge on any atom is 1.00 e. The van der Waals surface area contributed by atoms with Gasteiger partial charge in [-0.3, -0.25) is 0 Å². The fraction of sp³-hybridized carbons (Fsp3) is 0. The zero-order chi connectivity index (χ0) is 0. The van der Waals surface area contributed by atoms with Crippen molar-refractivity contribution in [1.82, 2.24) is 0 Å². The molecule has 55 valence electrons. The van der Waals surface area contributed by atoms with Gasteiger partial charge in [0.15, 0.2) is 0 Å². The van der Waals surface area contributed by atoms with Crippen molar-refractivity contribution >= 4 is 74.4 Å². The second kappa shape index (κ2) is 69.8. The minimum Gasteiger partial charge on any atom is -1.00 e. The van der Waals surface area contributed by atoms with E-state index in [1.54, 1.807) is 0 Å². The summed E-state index contributed by atoms with van der Waals surface area (Å²) in [5.41, 5.74) is 0. The smallest absolute Gasteiger partial charge is 1.00 e. The summed E-state index contributed by atoms with van der Waals surface area (Å²) in [7, 11) is 0. The zero-order valence-corrected chi connectivity index (χ0v) is 19.0. The zero-order valence-electron chi connectivity index (χ0n) is 7.03. The van der Waals surface area contributed by atoms with Gasteiger partial charge in [0.2, 0.25) is 0 Å². The van der Waals surface area contributed by atoms with Gasteiger partial charge in [0.1, 0.15) is 0 Å².